The fourth-order valence-electron chi connectivity index (χ4n) is 3.54. The van der Waals surface area contributed by atoms with Gasteiger partial charge < -0.3 is 15.5 Å². The summed E-state index contributed by atoms with van der Waals surface area (Å²) < 4.78 is 0. The number of carbonyl (C=O) groups is 2. The van der Waals surface area contributed by atoms with Gasteiger partial charge in [-0.05, 0) is 42.2 Å². The van der Waals surface area contributed by atoms with Crippen LogP contribution in [0.15, 0.2) is 48.5 Å². The minimum absolute atomic E-state index is 0.0521. The number of nitrogens with one attached hydrogen (secondary N) is 1. The molecule has 5 nitrogen and oxygen atoms in total. The van der Waals surface area contributed by atoms with E-state index in [0.29, 0.717) is 29.6 Å². The summed E-state index contributed by atoms with van der Waals surface area (Å²) in [5.41, 5.74) is 3.90. The molecular weight excluding hydrogens is 374 g/mol. The SMILES string of the molecule is CC(C)Cc1ccc([C@H]([NH2+]CC(=O)Nc2ccc(C(=O)N(C)C)cc2)C(C)C)cc1. The van der Waals surface area contributed by atoms with E-state index < -0.39 is 0 Å². The quantitative estimate of drug-likeness (QED) is 0.665. The molecule has 0 bridgehead atoms. The third kappa shape index (κ3) is 6.99. The number of benzene rings is 2. The average Bonchev–Trinajstić information content (AvgIpc) is 2.68. The normalized spacial score (nSPS) is 12.1. The molecule has 5 heteroatoms. The molecule has 162 valence electrons. The Kier molecular flexibility index (Phi) is 8.60. The zero-order chi connectivity index (χ0) is 22.3. The van der Waals surface area contributed by atoms with Crippen LogP contribution in [-0.4, -0.2) is 37.4 Å². The highest BCUT2D eigenvalue weighted by molar-refractivity contribution is 5.95. The average molecular weight is 411 g/mol. The molecule has 0 aliphatic carbocycles. The molecule has 0 saturated carbocycles. The second-order valence-corrected chi connectivity index (χ2v) is 8.87. The number of nitrogens with zero attached hydrogens (tertiary/aromatic N) is 1. The van der Waals surface area contributed by atoms with Crippen LogP contribution in [0.5, 0.6) is 0 Å². The number of rotatable bonds is 9. The number of amides is 2. The van der Waals surface area contributed by atoms with E-state index in [1.54, 1.807) is 38.4 Å². The first-order valence-electron chi connectivity index (χ1n) is 10.7. The molecule has 2 amide bonds. The molecule has 2 aromatic rings. The summed E-state index contributed by atoms with van der Waals surface area (Å²) in [6, 6.07) is 16.0. The van der Waals surface area contributed by atoms with E-state index in [2.05, 4.69) is 62.6 Å². The van der Waals surface area contributed by atoms with E-state index in [4.69, 9.17) is 0 Å². The lowest BCUT2D eigenvalue weighted by Crippen LogP contribution is -2.88. The summed E-state index contributed by atoms with van der Waals surface area (Å²) in [5.74, 6) is 0.941. The monoisotopic (exact) mass is 410 g/mol. The van der Waals surface area contributed by atoms with Gasteiger partial charge in [0, 0.05) is 36.8 Å². The molecular formula is C25H36N3O2+. The summed E-state index contributed by atoms with van der Waals surface area (Å²) >= 11 is 0. The lowest BCUT2D eigenvalue weighted by molar-refractivity contribution is -0.692. The Hall–Kier alpha value is -2.66. The maximum absolute atomic E-state index is 12.5. The lowest BCUT2D eigenvalue weighted by atomic mass is 9.93. The van der Waals surface area contributed by atoms with E-state index in [1.165, 1.54) is 16.0 Å². The second kappa shape index (κ2) is 10.9. The van der Waals surface area contributed by atoms with Gasteiger partial charge in [-0.15, -0.1) is 0 Å². The van der Waals surface area contributed by atoms with E-state index in [9.17, 15) is 9.59 Å². The second-order valence-electron chi connectivity index (χ2n) is 8.87. The molecule has 30 heavy (non-hydrogen) atoms. The standard InChI is InChI=1S/C25H35N3O2/c1-17(2)15-19-7-9-20(10-8-19)24(18(3)4)26-16-23(29)27-22-13-11-21(12-14-22)25(30)28(5)6/h7-14,17-18,24,26H,15-16H2,1-6H3,(H,27,29)/p+1/t24-/m1/s1. The first-order valence-corrected chi connectivity index (χ1v) is 10.7. The molecule has 0 unspecified atom stereocenters. The number of carbonyl (C=O) groups excluding carboxylic acids is 2. The van der Waals surface area contributed by atoms with Gasteiger partial charge in [0.15, 0.2) is 6.54 Å². The van der Waals surface area contributed by atoms with E-state index >= 15 is 0 Å². The largest absolute Gasteiger partial charge is 0.345 e. The Morgan fingerprint density at radius 3 is 2.03 bits per heavy atom. The molecule has 0 aliphatic rings. The molecule has 0 spiro atoms. The van der Waals surface area contributed by atoms with Crippen molar-refractivity contribution >= 4 is 17.5 Å². The van der Waals surface area contributed by atoms with Gasteiger partial charge in [0.05, 0.1) is 0 Å². The molecule has 0 aromatic heterocycles. The van der Waals surface area contributed by atoms with Crippen LogP contribution >= 0.6 is 0 Å². The Balaban J connectivity index is 1.94. The lowest BCUT2D eigenvalue weighted by Gasteiger charge is -2.20. The van der Waals surface area contributed by atoms with Gasteiger partial charge in [0.1, 0.15) is 6.04 Å². The van der Waals surface area contributed by atoms with Crippen LogP contribution in [0.4, 0.5) is 5.69 Å². The van der Waals surface area contributed by atoms with Gasteiger partial charge >= 0.3 is 0 Å². The van der Waals surface area contributed by atoms with Gasteiger partial charge in [0.2, 0.25) is 0 Å². The molecule has 1 atom stereocenters. The Morgan fingerprint density at radius 1 is 0.933 bits per heavy atom. The van der Waals surface area contributed by atoms with Crippen LogP contribution in [0.25, 0.3) is 0 Å². The van der Waals surface area contributed by atoms with Crippen molar-refractivity contribution in [3.05, 3.63) is 65.2 Å². The Morgan fingerprint density at radius 2 is 1.53 bits per heavy atom. The van der Waals surface area contributed by atoms with Gasteiger partial charge in [0.25, 0.3) is 11.8 Å². The van der Waals surface area contributed by atoms with Crippen molar-refractivity contribution in [2.24, 2.45) is 11.8 Å². The minimum Gasteiger partial charge on any atom is -0.345 e. The van der Waals surface area contributed by atoms with Crippen LogP contribution in [0.2, 0.25) is 0 Å². The van der Waals surface area contributed by atoms with E-state index in [1.807, 2.05) is 0 Å². The Bertz CT molecular complexity index is 824. The third-order valence-corrected chi connectivity index (χ3v) is 5.11. The van der Waals surface area contributed by atoms with Crippen molar-refractivity contribution in [2.75, 3.05) is 26.0 Å². The summed E-state index contributed by atoms with van der Waals surface area (Å²) in [7, 11) is 3.44. The number of anilines is 1. The molecule has 0 saturated heterocycles. The summed E-state index contributed by atoms with van der Waals surface area (Å²) in [6.45, 7) is 9.16. The van der Waals surface area contributed by atoms with E-state index in [-0.39, 0.29) is 17.9 Å². The number of hydrogen-bond acceptors (Lipinski definition) is 2. The summed E-state index contributed by atoms with van der Waals surface area (Å²) in [4.78, 5) is 25.9. The topological polar surface area (TPSA) is 66.0 Å². The first-order chi connectivity index (χ1) is 14.2. The van der Waals surface area contributed by atoms with Crippen molar-refractivity contribution in [1.29, 1.82) is 0 Å². The van der Waals surface area contributed by atoms with Crippen LogP contribution in [-0.2, 0) is 11.2 Å². The molecule has 0 fully saturated rings. The van der Waals surface area contributed by atoms with Gasteiger partial charge in [-0.25, -0.2) is 0 Å². The van der Waals surface area contributed by atoms with Crippen molar-refractivity contribution in [2.45, 2.75) is 40.2 Å². The summed E-state index contributed by atoms with van der Waals surface area (Å²) in [5, 5.41) is 5.02. The molecule has 0 heterocycles. The first kappa shape index (κ1) is 23.6. The van der Waals surface area contributed by atoms with Gasteiger partial charge in [-0.2, -0.15) is 0 Å². The molecule has 0 aliphatic heterocycles. The predicted octanol–water partition coefficient (Wildman–Crippen LogP) is 3.49. The smallest absolute Gasteiger partial charge is 0.279 e. The highest BCUT2D eigenvalue weighted by atomic mass is 16.2. The van der Waals surface area contributed by atoms with Crippen LogP contribution in [0.3, 0.4) is 0 Å². The van der Waals surface area contributed by atoms with Crippen LogP contribution in [0.1, 0.15) is 55.2 Å². The van der Waals surface area contributed by atoms with Crippen LogP contribution < -0.4 is 10.6 Å². The molecule has 3 N–H and O–H groups in total. The maximum Gasteiger partial charge on any atom is 0.279 e. The number of quaternary nitrogens is 1. The highest BCUT2D eigenvalue weighted by Gasteiger charge is 2.20. The highest BCUT2D eigenvalue weighted by Crippen LogP contribution is 2.19. The predicted molar refractivity (Wildman–Crippen MR) is 122 cm³/mol. The zero-order valence-electron chi connectivity index (χ0n) is 19.1. The van der Waals surface area contributed by atoms with Crippen LogP contribution in [0, 0.1) is 11.8 Å². The molecule has 2 aromatic carbocycles. The van der Waals surface area contributed by atoms with Crippen molar-refractivity contribution in [3.63, 3.8) is 0 Å². The summed E-state index contributed by atoms with van der Waals surface area (Å²) in [6.07, 6.45) is 1.08. The third-order valence-electron chi connectivity index (χ3n) is 5.11. The fourth-order valence-corrected chi connectivity index (χ4v) is 3.54. The van der Waals surface area contributed by atoms with Gasteiger partial charge in [-0.1, -0.05) is 52.0 Å². The molecule has 0 radical (unpaired) electrons. The molecule has 2 rings (SSSR count). The van der Waals surface area contributed by atoms with E-state index in [0.717, 1.165) is 6.42 Å². The number of hydrogen-bond donors (Lipinski definition) is 2. The number of nitrogens with two attached hydrogens (primary N) is 1. The zero-order valence-corrected chi connectivity index (χ0v) is 19.1. The van der Waals surface area contributed by atoms with Crippen molar-refractivity contribution < 1.29 is 14.9 Å². The fraction of sp³-hybridized carbons (Fsp3) is 0.440. The Labute approximate surface area is 180 Å². The minimum atomic E-state index is -0.0552. The van der Waals surface area contributed by atoms with Crippen molar-refractivity contribution in [3.8, 4) is 0 Å². The van der Waals surface area contributed by atoms with Gasteiger partial charge in [-0.3, -0.25) is 9.59 Å². The maximum atomic E-state index is 12.5. The van der Waals surface area contributed by atoms with Crippen molar-refractivity contribution in [1.82, 2.24) is 4.90 Å².